The molecule has 0 aromatic rings. The zero-order valence-corrected chi connectivity index (χ0v) is 11.9. The van der Waals surface area contributed by atoms with Crippen molar-refractivity contribution in [1.29, 1.82) is 0 Å². The van der Waals surface area contributed by atoms with Crippen molar-refractivity contribution in [2.75, 3.05) is 26.3 Å². The molecule has 0 aliphatic carbocycles. The molecule has 0 heterocycles. The van der Waals surface area contributed by atoms with E-state index in [4.69, 9.17) is 4.74 Å². The molecule has 0 fully saturated rings. The van der Waals surface area contributed by atoms with Crippen LogP contribution in [0.1, 0.15) is 40.5 Å². The summed E-state index contributed by atoms with van der Waals surface area (Å²) in [6.45, 7) is 8.79. The van der Waals surface area contributed by atoms with Gasteiger partial charge in [0.05, 0.1) is 6.61 Å². The minimum absolute atomic E-state index is 0.157. The summed E-state index contributed by atoms with van der Waals surface area (Å²) in [5.74, 6) is 0.535. The van der Waals surface area contributed by atoms with E-state index in [2.05, 4.69) is 19.2 Å². The van der Waals surface area contributed by atoms with E-state index >= 15 is 0 Å². The average molecular weight is 269 g/mol. The number of ether oxygens (including phenoxy) is 1. The highest BCUT2D eigenvalue weighted by molar-refractivity contribution is 4.79. The molecule has 0 spiro atoms. The van der Waals surface area contributed by atoms with Gasteiger partial charge < -0.3 is 10.1 Å². The fourth-order valence-corrected chi connectivity index (χ4v) is 1.76. The molecule has 1 N–H and O–H groups in total. The van der Waals surface area contributed by atoms with E-state index in [-0.39, 0.29) is 12.0 Å². The Hall–Kier alpha value is -0.290. The van der Waals surface area contributed by atoms with Crippen LogP contribution in [-0.2, 0) is 4.74 Å². The van der Waals surface area contributed by atoms with E-state index in [1.807, 2.05) is 13.8 Å². The molecular weight excluding hydrogens is 243 g/mol. The molecule has 18 heavy (non-hydrogen) atoms. The molecular formula is C13H26F3NO. The number of hydrogen-bond donors (Lipinski definition) is 1. The first-order valence-electron chi connectivity index (χ1n) is 6.60. The van der Waals surface area contributed by atoms with Gasteiger partial charge in [-0.2, -0.15) is 13.2 Å². The van der Waals surface area contributed by atoms with Crippen LogP contribution in [0.15, 0.2) is 0 Å². The molecule has 0 saturated carbocycles. The predicted molar refractivity (Wildman–Crippen MR) is 67.6 cm³/mol. The molecule has 0 rings (SSSR count). The van der Waals surface area contributed by atoms with E-state index in [0.717, 1.165) is 19.4 Å². The molecule has 2 nitrogen and oxygen atoms in total. The Labute approximate surface area is 108 Å². The Balaban J connectivity index is 4.16. The molecule has 0 bridgehead atoms. The van der Waals surface area contributed by atoms with Gasteiger partial charge in [-0.3, -0.25) is 0 Å². The molecule has 0 aliphatic heterocycles. The maximum absolute atomic E-state index is 12.1. The standard InChI is InChI=1S/C13H26F3NO/c1-5-12(6-2,8-17-7-11(3)4)9-18-10-13(14,15)16/h11,17H,5-10H2,1-4H3. The third-order valence-corrected chi connectivity index (χ3v) is 3.23. The van der Waals surface area contributed by atoms with Gasteiger partial charge in [0.1, 0.15) is 6.61 Å². The van der Waals surface area contributed by atoms with Crippen molar-refractivity contribution in [3.05, 3.63) is 0 Å². The Kier molecular flexibility index (Phi) is 7.87. The van der Waals surface area contributed by atoms with Crippen LogP contribution in [0.5, 0.6) is 0 Å². The van der Waals surface area contributed by atoms with E-state index in [9.17, 15) is 13.2 Å². The van der Waals surface area contributed by atoms with Gasteiger partial charge in [0, 0.05) is 12.0 Å². The summed E-state index contributed by atoms with van der Waals surface area (Å²) >= 11 is 0. The topological polar surface area (TPSA) is 21.3 Å². The lowest BCUT2D eigenvalue weighted by molar-refractivity contribution is -0.181. The van der Waals surface area contributed by atoms with Gasteiger partial charge in [0.15, 0.2) is 0 Å². The Morgan fingerprint density at radius 3 is 2.00 bits per heavy atom. The summed E-state index contributed by atoms with van der Waals surface area (Å²) in [6.07, 6.45) is -2.61. The van der Waals surface area contributed by atoms with Gasteiger partial charge in [-0.25, -0.2) is 0 Å². The highest BCUT2D eigenvalue weighted by Gasteiger charge is 2.31. The van der Waals surface area contributed by atoms with Gasteiger partial charge in [0.2, 0.25) is 0 Å². The lowest BCUT2D eigenvalue weighted by atomic mass is 9.83. The van der Waals surface area contributed by atoms with Crippen molar-refractivity contribution in [2.45, 2.75) is 46.7 Å². The molecule has 0 atom stereocenters. The second-order valence-electron chi connectivity index (χ2n) is 5.34. The highest BCUT2D eigenvalue weighted by atomic mass is 19.4. The second-order valence-corrected chi connectivity index (χ2v) is 5.34. The minimum Gasteiger partial charge on any atom is -0.371 e. The van der Waals surface area contributed by atoms with Gasteiger partial charge >= 0.3 is 6.18 Å². The molecule has 0 saturated heterocycles. The van der Waals surface area contributed by atoms with Crippen LogP contribution in [0.4, 0.5) is 13.2 Å². The van der Waals surface area contributed by atoms with Crippen molar-refractivity contribution in [3.63, 3.8) is 0 Å². The molecule has 5 heteroatoms. The summed E-state index contributed by atoms with van der Waals surface area (Å²) in [7, 11) is 0. The minimum atomic E-state index is -4.24. The summed E-state index contributed by atoms with van der Waals surface area (Å²) in [6, 6.07) is 0. The second kappa shape index (κ2) is 8.00. The lowest BCUT2D eigenvalue weighted by Gasteiger charge is -2.32. The van der Waals surface area contributed by atoms with Crippen molar-refractivity contribution in [3.8, 4) is 0 Å². The number of rotatable bonds is 9. The first kappa shape index (κ1) is 17.7. The Morgan fingerprint density at radius 1 is 1.06 bits per heavy atom. The Morgan fingerprint density at radius 2 is 1.61 bits per heavy atom. The van der Waals surface area contributed by atoms with Crippen molar-refractivity contribution in [1.82, 2.24) is 5.32 Å². The molecule has 0 aromatic carbocycles. The fourth-order valence-electron chi connectivity index (χ4n) is 1.76. The summed E-state index contributed by atoms with van der Waals surface area (Å²) in [4.78, 5) is 0. The third kappa shape index (κ3) is 7.93. The van der Waals surface area contributed by atoms with Gasteiger partial charge in [-0.1, -0.05) is 27.7 Å². The highest BCUT2D eigenvalue weighted by Crippen LogP contribution is 2.27. The first-order chi connectivity index (χ1) is 8.24. The fraction of sp³-hybridized carbons (Fsp3) is 1.00. The van der Waals surface area contributed by atoms with E-state index < -0.39 is 12.8 Å². The van der Waals surface area contributed by atoms with Crippen molar-refractivity contribution < 1.29 is 17.9 Å². The monoisotopic (exact) mass is 269 g/mol. The molecule has 110 valence electrons. The first-order valence-corrected chi connectivity index (χ1v) is 6.60. The quantitative estimate of drug-likeness (QED) is 0.690. The molecule has 0 aliphatic rings. The van der Waals surface area contributed by atoms with Gasteiger partial charge in [0.25, 0.3) is 0 Å². The number of alkyl halides is 3. The lowest BCUT2D eigenvalue weighted by Crippen LogP contribution is -2.39. The van der Waals surface area contributed by atoms with Crippen LogP contribution >= 0.6 is 0 Å². The van der Waals surface area contributed by atoms with Crippen LogP contribution in [0.2, 0.25) is 0 Å². The predicted octanol–water partition coefficient (Wildman–Crippen LogP) is 3.62. The van der Waals surface area contributed by atoms with Gasteiger partial charge in [-0.05, 0) is 25.3 Å². The van der Waals surface area contributed by atoms with Crippen LogP contribution in [0.25, 0.3) is 0 Å². The zero-order valence-electron chi connectivity index (χ0n) is 11.9. The maximum atomic E-state index is 12.1. The van der Waals surface area contributed by atoms with E-state index in [1.165, 1.54) is 0 Å². The third-order valence-electron chi connectivity index (χ3n) is 3.23. The molecule has 0 unspecified atom stereocenters. The number of halogens is 3. The summed E-state index contributed by atoms with van der Waals surface area (Å²) in [5.41, 5.74) is -0.194. The Bertz CT molecular complexity index is 213. The average Bonchev–Trinajstić information content (AvgIpc) is 2.25. The SMILES string of the molecule is CCC(CC)(CNCC(C)C)COCC(F)(F)F. The van der Waals surface area contributed by atoms with E-state index in [1.54, 1.807) is 0 Å². The summed E-state index contributed by atoms with van der Waals surface area (Å²) < 4.78 is 41.0. The van der Waals surface area contributed by atoms with Crippen LogP contribution < -0.4 is 5.32 Å². The number of hydrogen-bond acceptors (Lipinski definition) is 2. The molecule has 0 amide bonds. The number of nitrogens with one attached hydrogen (secondary N) is 1. The van der Waals surface area contributed by atoms with Crippen molar-refractivity contribution in [2.24, 2.45) is 11.3 Å². The van der Waals surface area contributed by atoms with E-state index in [0.29, 0.717) is 12.5 Å². The van der Waals surface area contributed by atoms with Gasteiger partial charge in [-0.15, -0.1) is 0 Å². The smallest absolute Gasteiger partial charge is 0.371 e. The largest absolute Gasteiger partial charge is 0.411 e. The van der Waals surface area contributed by atoms with Crippen LogP contribution in [0.3, 0.4) is 0 Å². The maximum Gasteiger partial charge on any atom is 0.411 e. The zero-order chi connectivity index (χ0) is 14.2. The summed E-state index contributed by atoms with van der Waals surface area (Å²) in [5, 5.41) is 3.31. The normalized spacial score (nSPS) is 13.3. The molecule has 0 aromatic heterocycles. The van der Waals surface area contributed by atoms with Crippen LogP contribution in [-0.4, -0.2) is 32.5 Å². The molecule has 0 radical (unpaired) electrons. The van der Waals surface area contributed by atoms with Crippen LogP contribution in [0, 0.1) is 11.3 Å². The van der Waals surface area contributed by atoms with Crippen molar-refractivity contribution >= 4 is 0 Å².